The molecular formula is C18H17F3N2O3S. The number of rotatable bonds is 7. The van der Waals surface area contributed by atoms with Crippen molar-refractivity contribution < 1.29 is 27.5 Å². The summed E-state index contributed by atoms with van der Waals surface area (Å²) in [5.74, 6) is -1.17. The molecule has 2 aromatic rings. The molecular weight excluding hydrogens is 381 g/mol. The van der Waals surface area contributed by atoms with Gasteiger partial charge in [0.05, 0.1) is 12.4 Å². The molecule has 0 aliphatic heterocycles. The van der Waals surface area contributed by atoms with Crippen molar-refractivity contribution in [3.63, 3.8) is 0 Å². The Bertz CT molecular complexity index is 778. The van der Waals surface area contributed by atoms with Crippen LogP contribution in [0, 0.1) is 0 Å². The molecule has 2 N–H and O–H groups in total. The van der Waals surface area contributed by atoms with E-state index in [1.807, 2.05) is 6.92 Å². The van der Waals surface area contributed by atoms with Crippen molar-refractivity contribution in [3.05, 3.63) is 54.1 Å². The normalized spacial score (nSPS) is 11.0. The Balaban J connectivity index is 1.90. The molecule has 0 saturated heterocycles. The molecule has 9 heteroatoms. The minimum atomic E-state index is -4.46. The number of halogens is 3. The van der Waals surface area contributed by atoms with Crippen LogP contribution in [0.1, 0.15) is 17.3 Å². The fraction of sp³-hybridized carbons (Fsp3) is 0.222. The maximum Gasteiger partial charge on any atom is 0.442 e. The Morgan fingerprint density at radius 1 is 0.963 bits per heavy atom. The number of ether oxygens (including phenoxy) is 1. The maximum atomic E-state index is 12.2. The standard InChI is InChI=1S/C18H17F3N2O3S/c1-2-26-15-9-7-14(8-10-15)23-17(25)12-3-5-13(6-4-12)22-16(24)11-27-18(19,20)21/h3-10H,2,11H2,1H3,(H,22,24)(H,23,25). The van der Waals surface area contributed by atoms with Gasteiger partial charge in [0.2, 0.25) is 5.91 Å². The van der Waals surface area contributed by atoms with Crippen LogP contribution in [0.4, 0.5) is 24.5 Å². The molecule has 2 amide bonds. The molecule has 144 valence electrons. The number of hydrogen-bond donors (Lipinski definition) is 2. The molecule has 0 aromatic heterocycles. The summed E-state index contributed by atoms with van der Waals surface area (Å²) in [6.07, 6.45) is 0. The minimum Gasteiger partial charge on any atom is -0.494 e. The molecule has 0 spiro atoms. The number of hydrogen-bond acceptors (Lipinski definition) is 4. The van der Waals surface area contributed by atoms with Crippen LogP contribution in [0.2, 0.25) is 0 Å². The second kappa shape index (κ2) is 9.31. The first kappa shape index (κ1) is 20.6. The zero-order valence-electron chi connectivity index (χ0n) is 14.3. The maximum absolute atomic E-state index is 12.2. The van der Waals surface area contributed by atoms with E-state index < -0.39 is 28.9 Å². The molecule has 0 bridgehead atoms. The van der Waals surface area contributed by atoms with Crippen LogP contribution in [0.15, 0.2) is 48.5 Å². The highest BCUT2D eigenvalue weighted by Gasteiger charge is 2.29. The highest BCUT2D eigenvalue weighted by atomic mass is 32.2. The van der Waals surface area contributed by atoms with Crippen LogP contribution in [-0.2, 0) is 4.79 Å². The molecule has 27 heavy (non-hydrogen) atoms. The van der Waals surface area contributed by atoms with Crippen molar-refractivity contribution in [1.82, 2.24) is 0 Å². The number of carbonyl (C=O) groups is 2. The molecule has 0 atom stereocenters. The molecule has 0 unspecified atom stereocenters. The first-order valence-electron chi connectivity index (χ1n) is 7.91. The van der Waals surface area contributed by atoms with Crippen LogP contribution in [0.5, 0.6) is 5.75 Å². The highest BCUT2D eigenvalue weighted by Crippen LogP contribution is 2.29. The number of amides is 2. The van der Waals surface area contributed by atoms with Gasteiger partial charge in [-0.2, -0.15) is 13.2 Å². The third-order valence-electron chi connectivity index (χ3n) is 3.22. The Morgan fingerprint density at radius 2 is 1.52 bits per heavy atom. The van der Waals surface area contributed by atoms with E-state index in [2.05, 4.69) is 10.6 Å². The van der Waals surface area contributed by atoms with E-state index in [9.17, 15) is 22.8 Å². The van der Waals surface area contributed by atoms with Gasteiger partial charge in [0.15, 0.2) is 0 Å². The number of benzene rings is 2. The average molecular weight is 398 g/mol. The summed E-state index contributed by atoms with van der Waals surface area (Å²) >= 11 is -0.411. The number of thioether (sulfide) groups is 1. The van der Waals surface area contributed by atoms with Gasteiger partial charge >= 0.3 is 5.51 Å². The Hall–Kier alpha value is -2.68. The van der Waals surface area contributed by atoms with Gasteiger partial charge < -0.3 is 15.4 Å². The first-order valence-corrected chi connectivity index (χ1v) is 8.90. The summed E-state index contributed by atoms with van der Waals surface area (Å²) in [7, 11) is 0. The van der Waals surface area contributed by atoms with Crippen LogP contribution < -0.4 is 15.4 Å². The van der Waals surface area contributed by atoms with Crippen molar-refractivity contribution in [2.75, 3.05) is 23.0 Å². The monoisotopic (exact) mass is 398 g/mol. The second-order valence-corrected chi connectivity index (χ2v) is 6.31. The molecule has 0 aliphatic rings. The van der Waals surface area contributed by atoms with Crippen molar-refractivity contribution >= 4 is 35.0 Å². The van der Waals surface area contributed by atoms with Crippen LogP contribution in [0.3, 0.4) is 0 Å². The van der Waals surface area contributed by atoms with Crippen LogP contribution in [0.25, 0.3) is 0 Å². The molecule has 0 saturated carbocycles. The van der Waals surface area contributed by atoms with E-state index in [1.165, 1.54) is 24.3 Å². The lowest BCUT2D eigenvalue weighted by Gasteiger charge is -2.09. The number of nitrogens with one attached hydrogen (secondary N) is 2. The number of anilines is 2. The van der Waals surface area contributed by atoms with E-state index in [-0.39, 0.29) is 5.91 Å². The lowest BCUT2D eigenvalue weighted by Crippen LogP contribution is -2.17. The Labute approximate surface area is 158 Å². The van der Waals surface area contributed by atoms with Gasteiger partial charge in [-0.3, -0.25) is 9.59 Å². The van der Waals surface area contributed by atoms with Gasteiger partial charge in [-0.25, -0.2) is 0 Å². The van der Waals surface area contributed by atoms with E-state index in [4.69, 9.17) is 4.74 Å². The SMILES string of the molecule is CCOc1ccc(NC(=O)c2ccc(NC(=O)CSC(F)(F)F)cc2)cc1. The molecule has 0 aliphatic carbocycles. The molecule has 5 nitrogen and oxygen atoms in total. The summed E-state index contributed by atoms with van der Waals surface area (Å²) in [5.41, 5.74) is -3.22. The quantitative estimate of drug-likeness (QED) is 0.719. The van der Waals surface area contributed by atoms with Crippen LogP contribution in [-0.4, -0.2) is 29.7 Å². The van der Waals surface area contributed by atoms with Gasteiger partial charge in [0, 0.05) is 16.9 Å². The fourth-order valence-electron chi connectivity index (χ4n) is 2.05. The van der Waals surface area contributed by atoms with E-state index in [0.29, 0.717) is 29.3 Å². The number of alkyl halides is 3. The van der Waals surface area contributed by atoms with Gasteiger partial charge in [0.25, 0.3) is 5.91 Å². The van der Waals surface area contributed by atoms with E-state index in [1.54, 1.807) is 24.3 Å². The van der Waals surface area contributed by atoms with Gasteiger partial charge in [-0.05, 0) is 67.2 Å². The van der Waals surface area contributed by atoms with E-state index in [0.717, 1.165) is 0 Å². The zero-order chi connectivity index (χ0) is 19.9. The van der Waals surface area contributed by atoms with Crippen LogP contribution >= 0.6 is 11.8 Å². The van der Waals surface area contributed by atoms with Crippen molar-refractivity contribution in [2.45, 2.75) is 12.4 Å². The van der Waals surface area contributed by atoms with Crippen molar-refractivity contribution in [3.8, 4) is 5.75 Å². The Kier molecular flexibility index (Phi) is 7.12. The average Bonchev–Trinajstić information content (AvgIpc) is 2.62. The number of carbonyl (C=O) groups excluding carboxylic acids is 2. The smallest absolute Gasteiger partial charge is 0.442 e. The summed E-state index contributed by atoms with van der Waals surface area (Å²) in [6, 6.07) is 12.7. The summed E-state index contributed by atoms with van der Waals surface area (Å²) < 4.78 is 41.5. The molecule has 0 heterocycles. The fourth-order valence-corrected chi connectivity index (χ4v) is 2.42. The Morgan fingerprint density at radius 3 is 2.07 bits per heavy atom. The predicted molar refractivity (Wildman–Crippen MR) is 99.1 cm³/mol. The molecule has 2 aromatic carbocycles. The summed E-state index contributed by atoms with van der Waals surface area (Å²) in [5, 5.41) is 5.06. The van der Waals surface area contributed by atoms with Gasteiger partial charge in [-0.1, -0.05) is 0 Å². The largest absolute Gasteiger partial charge is 0.494 e. The topological polar surface area (TPSA) is 67.4 Å². The lowest BCUT2D eigenvalue weighted by atomic mass is 10.2. The minimum absolute atomic E-state index is 0.306. The van der Waals surface area contributed by atoms with Gasteiger partial charge in [-0.15, -0.1) is 0 Å². The molecule has 0 fully saturated rings. The van der Waals surface area contributed by atoms with Gasteiger partial charge in [0.1, 0.15) is 5.75 Å². The van der Waals surface area contributed by atoms with E-state index >= 15 is 0 Å². The van der Waals surface area contributed by atoms with Crippen molar-refractivity contribution in [2.24, 2.45) is 0 Å². The second-order valence-electron chi connectivity index (χ2n) is 5.27. The highest BCUT2D eigenvalue weighted by molar-refractivity contribution is 8.00. The summed E-state index contributed by atoms with van der Waals surface area (Å²) in [4.78, 5) is 23.7. The predicted octanol–water partition coefficient (Wildman–Crippen LogP) is 4.53. The van der Waals surface area contributed by atoms with Crippen molar-refractivity contribution in [1.29, 1.82) is 0 Å². The third-order valence-corrected chi connectivity index (χ3v) is 3.95. The lowest BCUT2D eigenvalue weighted by molar-refractivity contribution is -0.114. The third kappa shape index (κ3) is 7.22. The molecule has 0 radical (unpaired) electrons. The summed E-state index contributed by atoms with van der Waals surface area (Å²) in [6.45, 7) is 2.42. The zero-order valence-corrected chi connectivity index (χ0v) is 15.1. The first-order chi connectivity index (χ1) is 12.8. The molecule has 2 rings (SSSR count).